The number of phenolic OH excluding ortho intramolecular Hbond substituents is 1. The number of pyridine rings is 1. The number of fused-ring (bicyclic) bond motifs is 1. The Morgan fingerprint density at radius 2 is 1.88 bits per heavy atom. The summed E-state index contributed by atoms with van der Waals surface area (Å²) in [7, 11) is 1.92. The molecular weight excluding hydrogens is 206 g/mol. The third-order valence-corrected chi connectivity index (χ3v) is 1.98. The SMILES string of the molecule is CC(=O)[O-].C[n+]1cccc2cccc(O)c21. The number of aromatic hydroxyl groups is 1. The number of para-hydroxylation sites is 1. The Bertz CT molecular complexity index is 468. The number of carbonyl (C=O) groups excluding carboxylic acids is 1. The number of hydrogen-bond donors (Lipinski definition) is 1. The first-order chi connectivity index (χ1) is 7.52. The second kappa shape index (κ2) is 5.11. The van der Waals surface area contributed by atoms with Gasteiger partial charge in [0.25, 0.3) is 5.52 Å². The molecule has 0 saturated carbocycles. The number of carboxylic acids is 1. The molecular formula is C12H13NO3. The maximum Gasteiger partial charge on any atom is 0.254 e. The molecule has 84 valence electrons. The van der Waals surface area contributed by atoms with E-state index in [0.717, 1.165) is 17.8 Å². The van der Waals surface area contributed by atoms with Gasteiger partial charge >= 0.3 is 0 Å². The van der Waals surface area contributed by atoms with Crippen molar-refractivity contribution < 1.29 is 19.6 Å². The lowest BCUT2D eigenvalue weighted by molar-refractivity contribution is -0.645. The molecule has 0 spiro atoms. The van der Waals surface area contributed by atoms with Gasteiger partial charge in [0.15, 0.2) is 11.9 Å². The number of benzene rings is 1. The van der Waals surface area contributed by atoms with Crippen molar-refractivity contribution in [3.05, 3.63) is 36.5 Å². The smallest absolute Gasteiger partial charge is 0.254 e. The average molecular weight is 219 g/mol. The number of carboxylic acid groups (broad SMARTS) is 1. The Morgan fingerprint density at radius 3 is 2.44 bits per heavy atom. The number of hydrogen-bond acceptors (Lipinski definition) is 3. The van der Waals surface area contributed by atoms with Gasteiger partial charge in [-0.3, -0.25) is 0 Å². The van der Waals surface area contributed by atoms with Gasteiger partial charge < -0.3 is 15.0 Å². The van der Waals surface area contributed by atoms with Crippen LogP contribution in [0.15, 0.2) is 36.5 Å². The van der Waals surface area contributed by atoms with E-state index in [9.17, 15) is 5.11 Å². The molecule has 2 rings (SSSR count). The van der Waals surface area contributed by atoms with E-state index in [4.69, 9.17) is 9.90 Å². The van der Waals surface area contributed by atoms with Crippen LogP contribution < -0.4 is 9.67 Å². The summed E-state index contributed by atoms with van der Waals surface area (Å²) in [6, 6.07) is 9.46. The first-order valence-electron chi connectivity index (χ1n) is 4.76. The second-order valence-electron chi connectivity index (χ2n) is 3.33. The molecule has 0 amide bonds. The molecule has 0 atom stereocenters. The molecule has 0 aliphatic heterocycles. The molecule has 0 radical (unpaired) electrons. The number of aromatic nitrogens is 1. The number of aliphatic carboxylic acids is 1. The van der Waals surface area contributed by atoms with Crippen LogP contribution in [0.1, 0.15) is 6.92 Å². The predicted molar refractivity (Wildman–Crippen MR) is 57.5 cm³/mol. The third-order valence-electron chi connectivity index (χ3n) is 1.98. The highest BCUT2D eigenvalue weighted by atomic mass is 16.4. The van der Waals surface area contributed by atoms with Gasteiger partial charge in [0.1, 0.15) is 7.05 Å². The molecule has 0 bridgehead atoms. The van der Waals surface area contributed by atoms with E-state index in [1.165, 1.54) is 0 Å². The zero-order chi connectivity index (χ0) is 12.1. The van der Waals surface area contributed by atoms with E-state index >= 15 is 0 Å². The lowest BCUT2D eigenvalue weighted by Gasteiger charge is -1.96. The van der Waals surface area contributed by atoms with Crippen LogP contribution >= 0.6 is 0 Å². The van der Waals surface area contributed by atoms with Crippen LogP contribution in [0.25, 0.3) is 10.9 Å². The van der Waals surface area contributed by atoms with E-state index in [2.05, 4.69) is 0 Å². The lowest BCUT2D eigenvalue weighted by Crippen LogP contribution is -2.27. The monoisotopic (exact) mass is 219 g/mol. The van der Waals surface area contributed by atoms with Crippen molar-refractivity contribution in [3.8, 4) is 5.75 Å². The van der Waals surface area contributed by atoms with Crippen LogP contribution in [-0.4, -0.2) is 11.1 Å². The van der Waals surface area contributed by atoms with Crippen molar-refractivity contribution in [3.63, 3.8) is 0 Å². The minimum atomic E-state index is -1.08. The van der Waals surface area contributed by atoms with Crippen molar-refractivity contribution >= 4 is 16.9 Å². The lowest BCUT2D eigenvalue weighted by atomic mass is 10.2. The number of aryl methyl sites for hydroxylation is 1. The van der Waals surface area contributed by atoms with Gasteiger partial charge in [0, 0.05) is 12.0 Å². The van der Waals surface area contributed by atoms with E-state index < -0.39 is 5.97 Å². The molecule has 0 fully saturated rings. The Labute approximate surface area is 93.4 Å². The van der Waals surface area contributed by atoms with Gasteiger partial charge in [-0.15, -0.1) is 0 Å². The number of rotatable bonds is 0. The van der Waals surface area contributed by atoms with Crippen molar-refractivity contribution in [2.75, 3.05) is 0 Å². The van der Waals surface area contributed by atoms with E-state index in [0.29, 0.717) is 5.75 Å². The molecule has 4 heteroatoms. The molecule has 1 aromatic carbocycles. The first-order valence-corrected chi connectivity index (χ1v) is 4.76. The molecule has 0 aliphatic carbocycles. The molecule has 1 N–H and O–H groups in total. The molecule has 16 heavy (non-hydrogen) atoms. The zero-order valence-corrected chi connectivity index (χ0v) is 9.18. The summed E-state index contributed by atoms with van der Waals surface area (Å²) in [6.45, 7) is 0.972. The number of nitrogens with zero attached hydrogens (tertiary/aromatic N) is 1. The Balaban J connectivity index is 0.000000280. The van der Waals surface area contributed by atoms with Crippen LogP contribution in [0, 0.1) is 0 Å². The summed E-state index contributed by atoms with van der Waals surface area (Å²) >= 11 is 0. The van der Waals surface area contributed by atoms with Gasteiger partial charge in [-0.2, -0.15) is 4.57 Å². The third kappa shape index (κ3) is 2.95. The molecule has 0 unspecified atom stereocenters. The van der Waals surface area contributed by atoms with Crippen LogP contribution in [0.5, 0.6) is 5.75 Å². The zero-order valence-electron chi connectivity index (χ0n) is 9.18. The molecule has 0 saturated heterocycles. The first kappa shape index (κ1) is 12.0. The summed E-state index contributed by atoms with van der Waals surface area (Å²) in [4.78, 5) is 8.89. The van der Waals surface area contributed by atoms with Crippen molar-refractivity contribution in [2.45, 2.75) is 6.92 Å². The summed E-state index contributed by atoms with van der Waals surface area (Å²) in [5.74, 6) is -0.754. The number of phenols is 1. The maximum absolute atomic E-state index is 9.53. The van der Waals surface area contributed by atoms with Crippen molar-refractivity contribution in [1.82, 2.24) is 0 Å². The van der Waals surface area contributed by atoms with Gasteiger partial charge in [-0.1, -0.05) is 6.07 Å². The molecule has 1 aromatic heterocycles. The molecule has 2 aromatic rings. The van der Waals surface area contributed by atoms with Gasteiger partial charge in [-0.25, -0.2) is 0 Å². The minimum Gasteiger partial charge on any atom is -0.550 e. The van der Waals surface area contributed by atoms with Gasteiger partial charge in [0.2, 0.25) is 0 Å². The summed E-state index contributed by atoms with van der Waals surface area (Å²) in [5, 5.41) is 19.5. The van der Waals surface area contributed by atoms with E-state index in [-0.39, 0.29) is 0 Å². The van der Waals surface area contributed by atoms with E-state index in [1.54, 1.807) is 6.07 Å². The van der Waals surface area contributed by atoms with Gasteiger partial charge in [0.05, 0.1) is 5.39 Å². The highest BCUT2D eigenvalue weighted by Crippen LogP contribution is 2.19. The van der Waals surface area contributed by atoms with Crippen LogP contribution in [-0.2, 0) is 11.8 Å². The Kier molecular flexibility index (Phi) is 3.83. The van der Waals surface area contributed by atoms with Crippen LogP contribution in [0.2, 0.25) is 0 Å². The fourth-order valence-corrected chi connectivity index (χ4v) is 1.42. The van der Waals surface area contributed by atoms with Crippen molar-refractivity contribution in [1.29, 1.82) is 0 Å². The fourth-order valence-electron chi connectivity index (χ4n) is 1.42. The Hall–Kier alpha value is -2.10. The molecule has 0 aliphatic rings. The quantitative estimate of drug-likeness (QED) is 0.640. The molecule has 4 nitrogen and oxygen atoms in total. The number of carbonyl (C=O) groups is 1. The topological polar surface area (TPSA) is 64.2 Å². The summed E-state index contributed by atoms with van der Waals surface area (Å²) in [5.41, 5.74) is 0.875. The normalized spacial score (nSPS) is 9.38. The molecule has 1 heterocycles. The second-order valence-corrected chi connectivity index (χ2v) is 3.33. The predicted octanol–water partition coefficient (Wildman–Crippen LogP) is 0.126. The van der Waals surface area contributed by atoms with Gasteiger partial charge in [-0.05, 0) is 25.1 Å². The van der Waals surface area contributed by atoms with E-state index in [1.807, 2.05) is 42.1 Å². The van der Waals surface area contributed by atoms with Crippen LogP contribution in [0.3, 0.4) is 0 Å². The largest absolute Gasteiger partial charge is 0.550 e. The highest BCUT2D eigenvalue weighted by molar-refractivity contribution is 5.80. The maximum atomic E-state index is 9.53. The van der Waals surface area contributed by atoms with Crippen molar-refractivity contribution in [2.24, 2.45) is 7.05 Å². The average Bonchev–Trinajstić information content (AvgIpc) is 2.17. The minimum absolute atomic E-state index is 0.329. The highest BCUT2D eigenvalue weighted by Gasteiger charge is 2.07. The summed E-state index contributed by atoms with van der Waals surface area (Å²) in [6.07, 6.45) is 1.92. The fraction of sp³-hybridized carbons (Fsp3) is 0.167. The summed E-state index contributed by atoms with van der Waals surface area (Å²) < 4.78 is 1.91. The standard InChI is InChI=1S/C10H9NO.C2H4O2/c1-11-7-3-5-8-4-2-6-9(12)10(8)11;1-2(3)4/h2-7H,1H3;1H3,(H,3,4). The van der Waals surface area contributed by atoms with Crippen LogP contribution in [0.4, 0.5) is 0 Å². The Morgan fingerprint density at radius 1 is 1.31 bits per heavy atom.